The number of aryl methyl sites for hydroxylation is 1. The number of furan rings is 1. The van der Waals surface area contributed by atoms with Crippen LogP contribution in [0.3, 0.4) is 0 Å². The minimum Gasteiger partial charge on any atom is -0.497 e. The Morgan fingerprint density at radius 2 is 1.84 bits per heavy atom. The Kier molecular flexibility index (Phi) is 6.31. The Labute approximate surface area is 185 Å². The number of urea groups is 1. The smallest absolute Gasteiger partial charge is 0.323 e. The molecule has 1 aliphatic heterocycles. The van der Waals surface area contributed by atoms with Crippen molar-refractivity contribution >= 4 is 23.1 Å². The third kappa shape index (κ3) is 4.26. The Hall–Kier alpha value is -3.53. The summed E-state index contributed by atoms with van der Waals surface area (Å²) >= 11 is 0. The van der Waals surface area contributed by atoms with E-state index in [4.69, 9.17) is 23.6 Å². The van der Waals surface area contributed by atoms with E-state index in [-0.39, 0.29) is 17.7 Å². The fraction of sp³-hybridized carbons (Fsp3) is 0.409. The molecule has 1 saturated heterocycles. The maximum atomic E-state index is 12.8. The topological polar surface area (TPSA) is 111 Å². The normalized spacial score (nSPS) is 13.8. The van der Waals surface area contributed by atoms with Crippen LogP contribution in [0.1, 0.15) is 12.7 Å². The second kappa shape index (κ2) is 9.31. The van der Waals surface area contributed by atoms with E-state index in [1.165, 1.54) is 0 Å². The first-order valence-electron chi connectivity index (χ1n) is 10.5. The molecule has 10 nitrogen and oxygen atoms in total. The van der Waals surface area contributed by atoms with Crippen LogP contribution in [-0.2, 0) is 0 Å². The van der Waals surface area contributed by atoms with Gasteiger partial charge in [-0.05, 0) is 31.5 Å². The molecule has 0 aliphatic carbocycles. The van der Waals surface area contributed by atoms with Crippen molar-refractivity contribution in [3.05, 3.63) is 24.0 Å². The zero-order valence-corrected chi connectivity index (χ0v) is 18.7. The van der Waals surface area contributed by atoms with E-state index in [0.717, 1.165) is 24.2 Å². The number of benzene rings is 1. The van der Waals surface area contributed by atoms with Gasteiger partial charge in [-0.2, -0.15) is 4.98 Å². The number of fused-ring (bicyclic) bond motifs is 1. The van der Waals surface area contributed by atoms with E-state index < -0.39 is 0 Å². The summed E-state index contributed by atoms with van der Waals surface area (Å²) in [7, 11) is 3.19. The van der Waals surface area contributed by atoms with Crippen molar-refractivity contribution in [3.63, 3.8) is 0 Å². The predicted octanol–water partition coefficient (Wildman–Crippen LogP) is 3.05. The summed E-state index contributed by atoms with van der Waals surface area (Å²) in [4.78, 5) is 23.7. The highest BCUT2D eigenvalue weighted by Crippen LogP contribution is 2.38. The van der Waals surface area contributed by atoms with Gasteiger partial charge in [0.05, 0.1) is 26.4 Å². The highest BCUT2D eigenvalue weighted by atomic mass is 16.5. The molecule has 1 aliphatic rings. The van der Waals surface area contributed by atoms with Gasteiger partial charge in [0.25, 0.3) is 5.88 Å². The van der Waals surface area contributed by atoms with Crippen LogP contribution < -0.4 is 24.8 Å². The Morgan fingerprint density at radius 3 is 2.47 bits per heavy atom. The fourth-order valence-corrected chi connectivity index (χ4v) is 3.66. The number of aromatic nitrogens is 2. The largest absolute Gasteiger partial charge is 0.497 e. The zero-order valence-electron chi connectivity index (χ0n) is 18.7. The van der Waals surface area contributed by atoms with Gasteiger partial charge in [-0.1, -0.05) is 0 Å². The van der Waals surface area contributed by atoms with E-state index in [1.807, 2.05) is 26.0 Å². The molecule has 2 N–H and O–H groups in total. The average molecular weight is 441 g/mol. The highest BCUT2D eigenvalue weighted by molar-refractivity contribution is 5.95. The van der Waals surface area contributed by atoms with Crippen LogP contribution in [0.15, 0.2) is 22.6 Å². The van der Waals surface area contributed by atoms with Crippen molar-refractivity contribution in [1.82, 2.24) is 20.2 Å². The second-order valence-electron chi connectivity index (χ2n) is 7.27. The van der Waals surface area contributed by atoms with Gasteiger partial charge in [-0.15, -0.1) is 0 Å². The third-order valence-electron chi connectivity index (χ3n) is 5.22. The summed E-state index contributed by atoms with van der Waals surface area (Å²) in [5.74, 6) is 2.37. The summed E-state index contributed by atoms with van der Waals surface area (Å²) in [5.41, 5.74) is 2.38. The highest BCUT2D eigenvalue weighted by Gasteiger charge is 2.24. The molecule has 1 fully saturated rings. The average Bonchev–Trinajstić information content (AvgIpc) is 3.14. The lowest BCUT2D eigenvalue weighted by Crippen LogP contribution is -2.48. The molecule has 170 valence electrons. The quantitative estimate of drug-likeness (QED) is 0.601. The number of carbonyl (C=O) groups is 1. The SMILES string of the molecule is CCOc1nc2oc(C)c(-c3cc(OC)cc(OC)c3)c2nc1NC(=O)N1CCNCC1. The summed E-state index contributed by atoms with van der Waals surface area (Å²) in [5, 5.41) is 6.09. The Bertz CT molecular complexity index is 1100. The van der Waals surface area contributed by atoms with Gasteiger partial charge in [0.1, 0.15) is 22.8 Å². The second-order valence-corrected chi connectivity index (χ2v) is 7.27. The van der Waals surface area contributed by atoms with E-state index in [9.17, 15) is 4.79 Å². The first-order chi connectivity index (χ1) is 15.5. The molecule has 1 aromatic carbocycles. The summed E-state index contributed by atoms with van der Waals surface area (Å²) in [6.45, 7) is 6.78. The van der Waals surface area contributed by atoms with Gasteiger partial charge in [0, 0.05) is 32.2 Å². The molecule has 0 atom stereocenters. The number of anilines is 1. The first-order valence-corrected chi connectivity index (χ1v) is 10.5. The molecule has 32 heavy (non-hydrogen) atoms. The lowest BCUT2D eigenvalue weighted by molar-refractivity contribution is 0.203. The lowest BCUT2D eigenvalue weighted by atomic mass is 10.0. The predicted molar refractivity (Wildman–Crippen MR) is 120 cm³/mol. The van der Waals surface area contributed by atoms with Crippen molar-refractivity contribution in [1.29, 1.82) is 0 Å². The lowest BCUT2D eigenvalue weighted by Gasteiger charge is -2.27. The number of methoxy groups -OCH3 is 2. The van der Waals surface area contributed by atoms with Crippen molar-refractivity contribution in [2.75, 3.05) is 52.3 Å². The molecule has 3 aromatic rings. The van der Waals surface area contributed by atoms with Gasteiger partial charge in [0.2, 0.25) is 5.71 Å². The third-order valence-corrected chi connectivity index (χ3v) is 5.22. The molecule has 4 rings (SSSR count). The van der Waals surface area contributed by atoms with Crippen LogP contribution in [0.4, 0.5) is 10.6 Å². The van der Waals surface area contributed by atoms with Gasteiger partial charge in [-0.3, -0.25) is 5.32 Å². The van der Waals surface area contributed by atoms with Crippen LogP contribution in [0.2, 0.25) is 0 Å². The Balaban J connectivity index is 1.79. The number of rotatable bonds is 6. The van der Waals surface area contributed by atoms with Crippen molar-refractivity contribution in [3.8, 4) is 28.5 Å². The van der Waals surface area contributed by atoms with Crippen molar-refractivity contribution in [2.24, 2.45) is 0 Å². The first kappa shape index (κ1) is 21.7. The van der Waals surface area contributed by atoms with Crippen LogP contribution >= 0.6 is 0 Å². The minimum absolute atomic E-state index is 0.215. The molecule has 2 aromatic heterocycles. The molecule has 2 amide bonds. The number of hydrogen-bond donors (Lipinski definition) is 2. The monoisotopic (exact) mass is 441 g/mol. The number of nitrogens with one attached hydrogen (secondary N) is 2. The zero-order chi connectivity index (χ0) is 22.7. The number of nitrogens with zero attached hydrogens (tertiary/aromatic N) is 3. The molecule has 0 bridgehead atoms. The van der Waals surface area contributed by atoms with Gasteiger partial charge in [0.15, 0.2) is 5.82 Å². The number of hydrogen-bond acceptors (Lipinski definition) is 8. The molecule has 0 saturated carbocycles. The fourth-order valence-electron chi connectivity index (χ4n) is 3.66. The molecular formula is C22H27N5O5. The number of amides is 2. The molecule has 10 heteroatoms. The summed E-state index contributed by atoms with van der Waals surface area (Å²) < 4.78 is 22.4. The van der Waals surface area contributed by atoms with Crippen LogP contribution in [0.25, 0.3) is 22.4 Å². The van der Waals surface area contributed by atoms with Crippen LogP contribution in [0.5, 0.6) is 17.4 Å². The summed E-state index contributed by atoms with van der Waals surface area (Å²) in [6, 6.07) is 5.29. The van der Waals surface area contributed by atoms with E-state index >= 15 is 0 Å². The Morgan fingerprint density at radius 1 is 1.16 bits per heavy atom. The number of piperazine rings is 1. The van der Waals surface area contributed by atoms with E-state index in [2.05, 4.69) is 15.6 Å². The van der Waals surface area contributed by atoms with E-state index in [0.29, 0.717) is 48.2 Å². The number of ether oxygens (including phenoxy) is 3. The molecule has 0 spiro atoms. The molecule has 3 heterocycles. The standard InChI is InChI=1S/C22H27N5O5/c1-5-31-21-19(25-22(28)27-8-6-23-7-9-27)24-18-17(13(2)32-20(18)26-21)14-10-15(29-3)12-16(11-14)30-4/h10-12,23H,5-9H2,1-4H3,(H,24,25,28). The molecular weight excluding hydrogens is 414 g/mol. The molecule has 0 radical (unpaired) electrons. The minimum atomic E-state index is -0.245. The molecule has 0 unspecified atom stereocenters. The number of carbonyl (C=O) groups excluding carboxylic acids is 1. The summed E-state index contributed by atoms with van der Waals surface area (Å²) in [6.07, 6.45) is 0. The van der Waals surface area contributed by atoms with Crippen molar-refractivity contribution in [2.45, 2.75) is 13.8 Å². The maximum Gasteiger partial charge on any atom is 0.323 e. The van der Waals surface area contributed by atoms with E-state index in [1.54, 1.807) is 25.2 Å². The van der Waals surface area contributed by atoms with Crippen LogP contribution in [0, 0.1) is 6.92 Å². The van der Waals surface area contributed by atoms with Crippen LogP contribution in [-0.4, -0.2) is 67.9 Å². The van der Waals surface area contributed by atoms with Gasteiger partial charge in [-0.25, -0.2) is 9.78 Å². The maximum absolute atomic E-state index is 12.8. The van der Waals surface area contributed by atoms with Gasteiger partial charge >= 0.3 is 6.03 Å². The van der Waals surface area contributed by atoms with Gasteiger partial charge < -0.3 is 28.8 Å². The van der Waals surface area contributed by atoms with Crippen molar-refractivity contribution < 1.29 is 23.4 Å².